The molecule has 2 aliphatic rings. The van der Waals surface area contributed by atoms with E-state index < -0.39 is 11.4 Å². The van der Waals surface area contributed by atoms with E-state index in [4.69, 9.17) is 0 Å². The zero-order chi connectivity index (χ0) is 13.2. The minimum absolute atomic E-state index is 0.478. The Morgan fingerprint density at radius 2 is 1.83 bits per heavy atom. The van der Waals surface area contributed by atoms with E-state index in [0.717, 1.165) is 38.1 Å². The van der Waals surface area contributed by atoms with E-state index in [-0.39, 0.29) is 0 Å². The third-order valence-corrected chi connectivity index (χ3v) is 5.07. The molecule has 0 bridgehead atoms. The lowest BCUT2D eigenvalue weighted by Crippen LogP contribution is -2.45. The van der Waals surface area contributed by atoms with Crippen LogP contribution in [0, 0.1) is 11.3 Å². The summed E-state index contributed by atoms with van der Waals surface area (Å²) in [5.74, 6) is 0.242. The Hall–Kier alpha value is -0.570. The van der Waals surface area contributed by atoms with E-state index in [2.05, 4.69) is 18.9 Å². The van der Waals surface area contributed by atoms with Crippen LogP contribution in [0.15, 0.2) is 0 Å². The first-order chi connectivity index (χ1) is 8.55. The molecule has 104 valence electrons. The molecule has 0 radical (unpaired) electrons. The van der Waals surface area contributed by atoms with Crippen LogP contribution in [0.25, 0.3) is 0 Å². The summed E-state index contributed by atoms with van der Waals surface area (Å²) in [6.45, 7) is 2.99. The molecule has 1 N–H and O–H groups in total. The monoisotopic (exact) mass is 253 g/mol. The highest BCUT2D eigenvalue weighted by Gasteiger charge is 2.41. The van der Waals surface area contributed by atoms with Crippen molar-refractivity contribution < 1.29 is 9.90 Å². The summed E-state index contributed by atoms with van der Waals surface area (Å²) in [5, 5.41) is 9.67. The highest BCUT2D eigenvalue weighted by Crippen LogP contribution is 2.39. The van der Waals surface area contributed by atoms with Gasteiger partial charge >= 0.3 is 5.97 Å². The first kappa shape index (κ1) is 13.9. The van der Waals surface area contributed by atoms with Crippen LogP contribution in [0.3, 0.4) is 0 Å². The van der Waals surface area contributed by atoms with Crippen molar-refractivity contribution in [2.75, 3.05) is 13.6 Å². The fourth-order valence-corrected chi connectivity index (χ4v) is 3.40. The maximum absolute atomic E-state index is 11.7. The molecule has 0 saturated heterocycles. The van der Waals surface area contributed by atoms with Crippen LogP contribution in [0.5, 0.6) is 0 Å². The van der Waals surface area contributed by atoms with Crippen LogP contribution in [0.2, 0.25) is 0 Å². The fraction of sp³-hybridized carbons (Fsp3) is 0.933. The number of carboxylic acids is 1. The molecule has 0 aromatic carbocycles. The number of carbonyl (C=O) groups is 1. The molecule has 2 rings (SSSR count). The van der Waals surface area contributed by atoms with Gasteiger partial charge in [-0.1, -0.05) is 25.7 Å². The molecule has 0 heterocycles. The van der Waals surface area contributed by atoms with Gasteiger partial charge in [-0.3, -0.25) is 4.79 Å². The normalized spacial score (nSPS) is 25.7. The second kappa shape index (κ2) is 5.60. The summed E-state index contributed by atoms with van der Waals surface area (Å²) in [4.78, 5) is 14.0. The minimum atomic E-state index is -0.570. The lowest BCUT2D eigenvalue weighted by molar-refractivity contribution is -0.151. The predicted molar refractivity (Wildman–Crippen MR) is 72.6 cm³/mol. The standard InChI is InChI=1S/C15H27NO2/c1-12(13-7-8-13)16(2)11-15(14(17)18)9-5-3-4-6-10-15/h12-13H,3-11H2,1-2H3,(H,17,18). The molecule has 1 atom stereocenters. The molecule has 3 nitrogen and oxygen atoms in total. The van der Waals surface area contributed by atoms with Gasteiger partial charge in [0, 0.05) is 12.6 Å². The Morgan fingerprint density at radius 3 is 2.28 bits per heavy atom. The van der Waals surface area contributed by atoms with Crippen molar-refractivity contribution in [2.24, 2.45) is 11.3 Å². The van der Waals surface area contributed by atoms with E-state index in [0.29, 0.717) is 6.04 Å². The minimum Gasteiger partial charge on any atom is -0.481 e. The first-order valence-electron chi connectivity index (χ1n) is 7.49. The molecule has 0 amide bonds. The Bertz CT molecular complexity index is 291. The number of hydrogen-bond acceptors (Lipinski definition) is 2. The highest BCUT2D eigenvalue weighted by molar-refractivity contribution is 5.75. The van der Waals surface area contributed by atoms with Gasteiger partial charge < -0.3 is 10.0 Å². The van der Waals surface area contributed by atoms with Gasteiger partial charge in [-0.25, -0.2) is 0 Å². The lowest BCUT2D eigenvalue weighted by Gasteiger charge is -2.35. The van der Waals surface area contributed by atoms with Crippen LogP contribution in [-0.2, 0) is 4.79 Å². The second-order valence-electron chi connectivity index (χ2n) is 6.49. The van der Waals surface area contributed by atoms with Crippen molar-refractivity contribution in [3.05, 3.63) is 0 Å². The van der Waals surface area contributed by atoms with E-state index >= 15 is 0 Å². The van der Waals surface area contributed by atoms with E-state index in [1.807, 2.05) is 0 Å². The van der Waals surface area contributed by atoms with Crippen molar-refractivity contribution in [1.82, 2.24) is 4.90 Å². The SMILES string of the molecule is CC(C1CC1)N(C)CC1(C(=O)O)CCCCCC1. The molecule has 18 heavy (non-hydrogen) atoms. The van der Waals surface area contributed by atoms with Crippen LogP contribution >= 0.6 is 0 Å². The number of aliphatic carboxylic acids is 1. The maximum atomic E-state index is 11.7. The average molecular weight is 253 g/mol. The van der Waals surface area contributed by atoms with Crippen molar-refractivity contribution >= 4 is 5.97 Å². The Morgan fingerprint density at radius 1 is 1.28 bits per heavy atom. The van der Waals surface area contributed by atoms with Gasteiger partial charge in [0.15, 0.2) is 0 Å². The summed E-state index contributed by atoms with van der Waals surface area (Å²) < 4.78 is 0. The zero-order valence-corrected chi connectivity index (χ0v) is 11.8. The number of rotatable bonds is 5. The molecule has 2 fully saturated rings. The van der Waals surface area contributed by atoms with Gasteiger partial charge in [0.1, 0.15) is 0 Å². The lowest BCUT2D eigenvalue weighted by atomic mass is 9.79. The quantitative estimate of drug-likeness (QED) is 0.765. The van der Waals surface area contributed by atoms with Gasteiger partial charge in [0.25, 0.3) is 0 Å². The van der Waals surface area contributed by atoms with Gasteiger partial charge in [0.05, 0.1) is 5.41 Å². The first-order valence-corrected chi connectivity index (χ1v) is 7.49. The maximum Gasteiger partial charge on any atom is 0.310 e. The average Bonchev–Trinajstić information content (AvgIpc) is 3.15. The summed E-state index contributed by atoms with van der Waals surface area (Å²) in [6.07, 6.45) is 8.95. The zero-order valence-electron chi connectivity index (χ0n) is 11.8. The van der Waals surface area contributed by atoms with E-state index in [1.165, 1.54) is 25.7 Å². The van der Waals surface area contributed by atoms with Crippen LogP contribution in [0.1, 0.15) is 58.3 Å². The van der Waals surface area contributed by atoms with Crippen molar-refractivity contribution in [1.29, 1.82) is 0 Å². The Balaban J connectivity index is 2.01. The van der Waals surface area contributed by atoms with Crippen molar-refractivity contribution in [3.8, 4) is 0 Å². The smallest absolute Gasteiger partial charge is 0.310 e. The molecular weight excluding hydrogens is 226 g/mol. The molecule has 2 saturated carbocycles. The van der Waals surface area contributed by atoms with E-state index in [9.17, 15) is 9.90 Å². The summed E-state index contributed by atoms with van der Waals surface area (Å²) in [6, 6.07) is 0.546. The molecule has 0 aromatic heterocycles. The Kier molecular flexibility index (Phi) is 4.31. The number of hydrogen-bond donors (Lipinski definition) is 1. The highest BCUT2D eigenvalue weighted by atomic mass is 16.4. The van der Waals surface area contributed by atoms with Gasteiger partial charge in [0.2, 0.25) is 0 Å². The number of nitrogens with zero attached hydrogens (tertiary/aromatic N) is 1. The fourth-order valence-electron chi connectivity index (χ4n) is 3.40. The van der Waals surface area contributed by atoms with Crippen LogP contribution in [0.4, 0.5) is 0 Å². The van der Waals surface area contributed by atoms with E-state index in [1.54, 1.807) is 0 Å². The second-order valence-corrected chi connectivity index (χ2v) is 6.49. The molecule has 0 aliphatic heterocycles. The summed E-state index contributed by atoms with van der Waals surface area (Å²) in [7, 11) is 2.11. The Labute approximate surface area is 111 Å². The summed E-state index contributed by atoms with van der Waals surface area (Å²) >= 11 is 0. The van der Waals surface area contributed by atoms with Gasteiger partial charge in [-0.05, 0) is 45.6 Å². The molecule has 0 spiro atoms. The van der Waals surface area contributed by atoms with Gasteiger partial charge in [-0.2, -0.15) is 0 Å². The number of carboxylic acid groups (broad SMARTS) is 1. The van der Waals surface area contributed by atoms with Gasteiger partial charge in [-0.15, -0.1) is 0 Å². The predicted octanol–water partition coefficient (Wildman–Crippen LogP) is 3.14. The van der Waals surface area contributed by atoms with Crippen LogP contribution < -0.4 is 0 Å². The van der Waals surface area contributed by atoms with Crippen molar-refractivity contribution in [2.45, 2.75) is 64.3 Å². The largest absolute Gasteiger partial charge is 0.481 e. The molecule has 1 unspecified atom stereocenters. The molecule has 0 aromatic rings. The topological polar surface area (TPSA) is 40.5 Å². The third kappa shape index (κ3) is 3.05. The third-order valence-electron chi connectivity index (χ3n) is 5.07. The van der Waals surface area contributed by atoms with Crippen LogP contribution in [-0.4, -0.2) is 35.6 Å². The molecular formula is C15H27NO2. The van der Waals surface area contributed by atoms with Crippen molar-refractivity contribution in [3.63, 3.8) is 0 Å². The molecule has 3 heteroatoms. The summed E-state index contributed by atoms with van der Waals surface area (Å²) in [5.41, 5.74) is -0.478. The molecule has 2 aliphatic carbocycles.